The standard InChI is InChI=1S/C25H30F3N5O6/c26-25(27,28)24(38)7-9-31(10-8-24)18(34)4-1-16-13-29-33-21(16)32(14-15-5-11-39-12-6-15)22(36)19(23(33)37)20(35)30-17-2-3-17/h1,4,13,15,17,37-38H,2-3,5-12,14H2,(H,30,35)/b4-1+. The van der Waals surface area contributed by atoms with Gasteiger partial charge in [-0.3, -0.25) is 19.0 Å². The average Bonchev–Trinajstić information content (AvgIpc) is 3.60. The van der Waals surface area contributed by atoms with E-state index >= 15 is 0 Å². The van der Waals surface area contributed by atoms with Crippen LogP contribution in [-0.2, 0) is 16.1 Å². The zero-order valence-corrected chi connectivity index (χ0v) is 21.1. The second-order valence-electron chi connectivity index (χ2n) is 10.4. The van der Waals surface area contributed by atoms with E-state index in [9.17, 15) is 37.8 Å². The van der Waals surface area contributed by atoms with E-state index in [-0.39, 0.29) is 37.2 Å². The van der Waals surface area contributed by atoms with Gasteiger partial charge in [-0.25, -0.2) is 0 Å². The van der Waals surface area contributed by atoms with E-state index in [1.165, 1.54) is 21.7 Å². The molecule has 14 heteroatoms. The third-order valence-corrected chi connectivity index (χ3v) is 7.67. The summed E-state index contributed by atoms with van der Waals surface area (Å²) in [5.74, 6) is -1.81. The predicted molar refractivity (Wildman–Crippen MR) is 131 cm³/mol. The molecule has 3 N–H and O–H groups in total. The molecule has 2 aromatic heterocycles. The molecule has 4 heterocycles. The van der Waals surface area contributed by atoms with Crippen molar-refractivity contribution < 1.29 is 37.7 Å². The summed E-state index contributed by atoms with van der Waals surface area (Å²) >= 11 is 0. The van der Waals surface area contributed by atoms with Gasteiger partial charge in [0.2, 0.25) is 11.8 Å². The number of fused-ring (bicyclic) bond motifs is 1. The van der Waals surface area contributed by atoms with Crippen molar-refractivity contribution in [1.29, 1.82) is 0 Å². The third kappa shape index (κ3) is 5.39. The van der Waals surface area contributed by atoms with E-state index in [2.05, 4.69) is 10.4 Å². The first kappa shape index (κ1) is 27.2. The number of halogens is 3. The Labute approximate surface area is 220 Å². The van der Waals surface area contributed by atoms with Crippen molar-refractivity contribution in [2.75, 3.05) is 26.3 Å². The van der Waals surface area contributed by atoms with Crippen molar-refractivity contribution in [3.8, 4) is 5.88 Å². The fraction of sp³-hybridized carbons (Fsp3) is 0.600. The molecule has 1 aliphatic carbocycles. The molecule has 2 aromatic rings. The smallest absolute Gasteiger partial charge is 0.417 e. The van der Waals surface area contributed by atoms with Crippen molar-refractivity contribution in [2.24, 2.45) is 5.92 Å². The Kier molecular flexibility index (Phi) is 7.18. The van der Waals surface area contributed by atoms with Gasteiger partial charge in [0.05, 0.1) is 6.20 Å². The van der Waals surface area contributed by atoms with Crippen molar-refractivity contribution in [1.82, 2.24) is 24.4 Å². The lowest BCUT2D eigenvalue weighted by Gasteiger charge is -2.38. The molecule has 212 valence electrons. The van der Waals surface area contributed by atoms with Crippen LogP contribution in [0.5, 0.6) is 5.88 Å². The minimum absolute atomic E-state index is 0.0417. The second kappa shape index (κ2) is 10.3. The summed E-state index contributed by atoms with van der Waals surface area (Å²) in [6, 6.07) is -0.0417. The highest BCUT2D eigenvalue weighted by Gasteiger charge is 2.54. The second-order valence-corrected chi connectivity index (χ2v) is 10.4. The number of alkyl halides is 3. The van der Waals surface area contributed by atoms with Gasteiger partial charge in [0, 0.05) is 63.4 Å². The molecule has 3 aliphatic rings. The summed E-state index contributed by atoms with van der Waals surface area (Å²) in [4.78, 5) is 40.3. The van der Waals surface area contributed by atoms with E-state index in [1.807, 2.05) is 0 Å². The largest absolute Gasteiger partial charge is 0.492 e. The van der Waals surface area contributed by atoms with Crippen LogP contribution in [0.25, 0.3) is 11.7 Å². The number of amides is 2. The summed E-state index contributed by atoms with van der Waals surface area (Å²) in [5, 5.41) is 27.6. The van der Waals surface area contributed by atoms with Crippen molar-refractivity contribution >= 4 is 23.5 Å². The first-order valence-electron chi connectivity index (χ1n) is 13.0. The van der Waals surface area contributed by atoms with Crippen LogP contribution < -0.4 is 10.9 Å². The molecule has 0 bridgehead atoms. The monoisotopic (exact) mass is 553 g/mol. The number of hydrogen-bond acceptors (Lipinski definition) is 7. The zero-order chi connectivity index (χ0) is 27.9. The Morgan fingerprint density at radius 1 is 1.18 bits per heavy atom. The molecule has 3 fully saturated rings. The SMILES string of the molecule is O=C(NC1CC1)c1c(O)n2ncc(/C=C/C(=O)N3CCC(O)(C(F)(F)F)CC3)c2n(CC2CCOCC2)c1=O. The first-order chi connectivity index (χ1) is 18.5. The molecule has 2 saturated heterocycles. The van der Waals surface area contributed by atoms with Crippen LogP contribution in [0.1, 0.15) is 54.4 Å². The number of ether oxygens (including phenoxy) is 1. The van der Waals surface area contributed by atoms with Crippen LogP contribution in [0.15, 0.2) is 17.1 Å². The molecule has 1 saturated carbocycles. The summed E-state index contributed by atoms with van der Waals surface area (Å²) in [6.07, 6.45) is 0.805. The van der Waals surface area contributed by atoms with E-state index in [4.69, 9.17) is 4.74 Å². The van der Waals surface area contributed by atoms with Gasteiger partial charge in [0.15, 0.2) is 11.2 Å². The number of rotatable bonds is 6. The van der Waals surface area contributed by atoms with Crippen molar-refractivity contribution in [3.63, 3.8) is 0 Å². The van der Waals surface area contributed by atoms with Crippen LogP contribution in [0.2, 0.25) is 0 Å². The molecule has 39 heavy (non-hydrogen) atoms. The highest BCUT2D eigenvalue weighted by molar-refractivity contribution is 5.97. The number of nitrogens with zero attached hydrogens (tertiary/aromatic N) is 4. The summed E-state index contributed by atoms with van der Waals surface area (Å²) < 4.78 is 47.1. The first-order valence-corrected chi connectivity index (χ1v) is 13.0. The number of hydrogen-bond donors (Lipinski definition) is 3. The van der Waals surface area contributed by atoms with Crippen molar-refractivity contribution in [3.05, 3.63) is 33.8 Å². The van der Waals surface area contributed by atoms with E-state index in [0.717, 1.165) is 23.4 Å². The molecule has 2 amide bonds. The molecule has 0 atom stereocenters. The van der Waals surface area contributed by atoms with Gasteiger partial charge < -0.3 is 25.2 Å². The van der Waals surface area contributed by atoms with Gasteiger partial charge in [-0.2, -0.15) is 22.8 Å². The number of aromatic hydroxyl groups is 1. The van der Waals surface area contributed by atoms with Crippen molar-refractivity contribution in [2.45, 2.75) is 62.9 Å². The molecule has 11 nitrogen and oxygen atoms in total. The maximum Gasteiger partial charge on any atom is 0.417 e. The highest BCUT2D eigenvalue weighted by atomic mass is 19.4. The number of likely N-dealkylation sites (tertiary alicyclic amines) is 1. The van der Waals surface area contributed by atoms with Gasteiger partial charge in [-0.05, 0) is 37.7 Å². The number of carbonyl (C=O) groups is 2. The number of piperidine rings is 1. The molecular formula is C25H30F3N5O6. The summed E-state index contributed by atoms with van der Waals surface area (Å²) in [6.45, 7) is 0.745. The van der Waals surface area contributed by atoms with Crippen LogP contribution >= 0.6 is 0 Å². The topological polar surface area (TPSA) is 138 Å². The third-order valence-electron chi connectivity index (χ3n) is 7.67. The summed E-state index contributed by atoms with van der Waals surface area (Å²) in [7, 11) is 0. The Bertz CT molecular complexity index is 1350. The highest BCUT2D eigenvalue weighted by Crippen LogP contribution is 2.38. The Balaban J connectivity index is 1.45. The normalized spacial score (nSPS) is 20.6. The van der Waals surface area contributed by atoms with E-state index < -0.39 is 53.4 Å². The Morgan fingerprint density at radius 2 is 1.85 bits per heavy atom. The average molecular weight is 554 g/mol. The molecule has 0 unspecified atom stereocenters. The van der Waals surface area contributed by atoms with Crippen LogP contribution in [0, 0.1) is 5.92 Å². The number of carbonyl (C=O) groups excluding carboxylic acids is 2. The van der Waals surface area contributed by atoms with Gasteiger partial charge in [0.1, 0.15) is 5.65 Å². The van der Waals surface area contributed by atoms with Gasteiger partial charge in [-0.15, -0.1) is 0 Å². The quantitative estimate of drug-likeness (QED) is 0.461. The van der Waals surface area contributed by atoms with E-state index in [1.54, 1.807) is 0 Å². The van der Waals surface area contributed by atoms with Gasteiger partial charge >= 0.3 is 6.18 Å². The Morgan fingerprint density at radius 3 is 2.46 bits per heavy atom. The van der Waals surface area contributed by atoms with Gasteiger partial charge in [-0.1, -0.05) is 0 Å². The Hall–Kier alpha value is -3.39. The lowest BCUT2D eigenvalue weighted by Crippen LogP contribution is -2.54. The minimum Gasteiger partial charge on any atom is -0.492 e. The maximum atomic E-state index is 13.6. The molecule has 5 rings (SSSR count). The fourth-order valence-corrected chi connectivity index (χ4v) is 5.02. The number of nitrogens with one attached hydrogen (secondary N) is 1. The molecule has 0 aromatic carbocycles. The van der Waals surface area contributed by atoms with Crippen LogP contribution in [-0.4, -0.2) is 85.2 Å². The zero-order valence-electron chi connectivity index (χ0n) is 21.1. The lowest BCUT2D eigenvalue weighted by atomic mass is 9.91. The van der Waals surface area contributed by atoms with Crippen LogP contribution in [0.4, 0.5) is 13.2 Å². The van der Waals surface area contributed by atoms with Gasteiger partial charge in [0.25, 0.3) is 11.5 Å². The lowest BCUT2D eigenvalue weighted by molar-refractivity contribution is -0.271. The van der Waals surface area contributed by atoms with E-state index in [0.29, 0.717) is 31.6 Å². The molecular weight excluding hydrogens is 523 g/mol. The maximum absolute atomic E-state index is 13.6. The molecule has 0 radical (unpaired) electrons. The number of aromatic nitrogens is 3. The summed E-state index contributed by atoms with van der Waals surface area (Å²) in [5.41, 5.74) is -3.44. The molecule has 2 aliphatic heterocycles. The molecule has 0 spiro atoms. The van der Waals surface area contributed by atoms with Crippen LogP contribution in [0.3, 0.4) is 0 Å². The predicted octanol–water partition coefficient (Wildman–Crippen LogP) is 1.45. The minimum atomic E-state index is -4.78. The fourth-order valence-electron chi connectivity index (χ4n) is 5.02. The number of aliphatic hydroxyl groups is 1.